The normalized spacial score (nSPS) is 11.4. The van der Waals surface area contributed by atoms with Gasteiger partial charge in [-0.2, -0.15) is 0 Å². The zero-order chi connectivity index (χ0) is 23.7. The third-order valence-electron chi connectivity index (χ3n) is 4.97. The number of halogens is 1. The second-order valence-corrected chi connectivity index (χ2v) is 10.0. The number of hydrogen-bond donors (Lipinski definition) is 0. The van der Waals surface area contributed by atoms with Crippen LogP contribution in [0.5, 0.6) is 0 Å². The lowest BCUT2D eigenvalue weighted by atomic mass is 10.1. The van der Waals surface area contributed by atoms with Gasteiger partial charge in [0, 0.05) is 11.8 Å². The molecule has 1 amide bonds. The summed E-state index contributed by atoms with van der Waals surface area (Å²) in [5, 5.41) is 2.45. The summed E-state index contributed by atoms with van der Waals surface area (Å²) in [6, 6.07) is 9.73. The molecular formula is C26H42BrNO4. The Morgan fingerprint density at radius 2 is 1.41 bits per heavy atom. The number of amides is 1. The molecule has 0 unspecified atom stereocenters. The molecule has 0 aliphatic carbocycles. The first-order valence-corrected chi connectivity index (χ1v) is 13.2. The van der Waals surface area contributed by atoms with Crippen LogP contribution in [0, 0.1) is 0 Å². The molecule has 1 aromatic rings. The predicted molar refractivity (Wildman–Crippen MR) is 133 cm³/mol. The largest absolute Gasteiger partial charge is 0.460 e. The Balaban J connectivity index is 2.36. The van der Waals surface area contributed by atoms with Gasteiger partial charge < -0.3 is 4.74 Å². The van der Waals surface area contributed by atoms with Crippen LogP contribution >= 0.6 is 15.9 Å². The van der Waals surface area contributed by atoms with Crippen LogP contribution in [0.25, 0.3) is 0 Å². The molecule has 1 aromatic carbocycles. The Hall–Kier alpha value is -1.40. The minimum atomic E-state index is -0.537. The van der Waals surface area contributed by atoms with Crippen LogP contribution in [-0.2, 0) is 25.8 Å². The highest BCUT2D eigenvalue weighted by molar-refractivity contribution is 9.09. The zero-order valence-electron chi connectivity index (χ0n) is 20.2. The zero-order valence-corrected chi connectivity index (χ0v) is 21.8. The fraction of sp³-hybridized carbons (Fsp3) is 0.692. The van der Waals surface area contributed by atoms with E-state index in [2.05, 4.69) is 15.9 Å². The maximum absolute atomic E-state index is 12.7. The highest BCUT2D eigenvalue weighted by atomic mass is 79.9. The lowest BCUT2D eigenvalue weighted by Gasteiger charge is -2.24. The lowest BCUT2D eigenvalue weighted by molar-refractivity contribution is -0.194. The molecule has 0 spiro atoms. The van der Waals surface area contributed by atoms with Crippen molar-refractivity contribution in [1.29, 1.82) is 0 Å². The number of alkyl halides is 1. The monoisotopic (exact) mass is 511 g/mol. The summed E-state index contributed by atoms with van der Waals surface area (Å²) in [6.07, 6.45) is 11.3. The van der Waals surface area contributed by atoms with Gasteiger partial charge in [0.25, 0.3) is 0 Å². The molecule has 0 atom stereocenters. The van der Waals surface area contributed by atoms with E-state index in [1.165, 1.54) is 43.6 Å². The Kier molecular flexibility index (Phi) is 15.3. The van der Waals surface area contributed by atoms with Crippen LogP contribution in [0.4, 0.5) is 0 Å². The van der Waals surface area contributed by atoms with Crippen LogP contribution < -0.4 is 0 Å². The van der Waals surface area contributed by atoms with Crippen molar-refractivity contribution in [3.8, 4) is 0 Å². The van der Waals surface area contributed by atoms with Crippen LogP contribution in [0.1, 0.15) is 97.0 Å². The molecule has 0 aliphatic rings. The van der Waals surface area contributed by atoms with Gasteiger partial charge in [-0.05, 0) is 39.2 Å². The molecule has 0 bridgehead atoms. The fourth-order valence-electron chi connectivity index (χ4n) is 3.31. The average molecular weight is 513 g/mol. The molecule has 0 saturated carbocycles. The molecule has 0 radical (unpaired) electrons. The summed E-state index contributed by atoms with van der Waals surface area (Å²) >= 11 is 3.47. The van der Waals surface area contributed by atoms with E-state index in [1.54, 1.807) is 0 Å². The van der Waals surface area contributed by atoms with E-state index < -0.39 is 5.60 Å². The fourth-order valence-corrected chi connectivity index (χ4v) is 3.70. The van der Waals surface area contributed by atoms with E-state index in [0.29, 0.717) is 13.0 Å². The van der Waals surface area contributed by atoms with Crippen molar-refractivity contribution < 1.29 is 19.2 Å². The summed E-state index contributed by atoms with van der Waals surface area (Å²) in [5.74, 6) is -0.394. The van der Waals surface area contributed by atoms with Crippen molar-refractivity contribution >= 4 is 27.8 Å². The molecule has 0 aliphatic heterocycles. The minimum absolute atomic E-state index is 0.0701. The molecule has 6 heteroatoms. The van der Waals surface area contributed by atoms with E-state index >= 15 is 0 Å². The van der Waals surface area contributed by atoms with E-state index in [0.717, 1.165) is 30.2 Å². The van der Waals surface area contributed by atoms with Gasteiger partial charge in [0.05, 0.1) is 13.0 Å². The Morgan fingerprint density at radius 1 is 0.844 bits per heavy atom. The summed E-state index contributed by atoms with van der Waals surface area (Å²) < 4.78 is 5.36. The molecule has 182 valence electrons. The molecule has 0 fully saturated rings. The number of rotatable bonds is 17. The number of carbonyl (C=O) groups is 2. The van der Waals surface area contributed by atoms with Crippen molar-refractivity contribution in [1.82, 2.24) is 5.06 Å². The highest BCUT2D eigenvalue weighted by Crippen LogP contribution is 2.14. The van der Waals surface area contributed by atoms with Crippen molar-refractivity contribution in [3.05, 3.63) is 35.9 Å². The topological polar surface area (TPSA) is 55.8 Å². The van der Waals surface area contributed by atoms with Crippen molar-refractivity contribution in [3.63, 3.8) is 0 Å². The molecule has 0 saturated heterocycles. The van der Waals surface area contributed by atoms with Gasteiger partial charge >= 0.3 is 5.97 Å². The first-order valence-electron chi connectivity index (χ1n) is 12.1. The van der Waals surface area contributed by atoms with Crippen LogP contribution in [-0.4, -0.2) is 34.4 Å². The number of hydroxylamine groups is 2. The minimum Gasteiger partial charge on any atom is -0.460 e. The van der Waals surface area contributed by atoms with E-state index in [-0.39, 0.29) is 24.8 Å². The van der Waals surface area contributed by atoms with Crippen LogP contribution in [0.15, 0.2) is 30.3 Å². The average Bonchev–Trinajstić information content (AvgIpc) is 2.74. The van der Waals surface area contributed by atoms with Crippen LogP contribution in [0.2, 0.25) is 0 Å². The second kappa shape index (κ2) is 17.1. The number of hydrogen-bond acceptors (Lipinski definition) is 4. The smallest absolute Gasteiger partial charge is 0.308 e. The summed E-state index contributed by atoms with van der Waals surface area (Å²) in [7, 11) is 0. The Morgan fingerprint density at radius 3 is 1.97 bits per heavy atom. The Bertz CT molecular complexity index is 630. The van der Waals surface area contributed by atoms with Gasteiger partial charge in [-0.1, -0.05) is 91.2 Å². The number of benzene rings is 1. The van der Waals surface area contributed by atoms with E-state index in [1.807, 2.05) is 51.1 Å². The number of ether oxygens (including phenoxy) is 1. The quantitative estimate of drug-likeness (QED) is 0.0979. The maximum atomic E-state index is 12.7. The number of esters is 1. The summed E-state index contributed by atoms with van der Waals surface area (Å²) in [6.45, 7) is 6.01. The number of carbonyl (C=O) groups excluding carboxylic acids is 2. The Labute approximate surface area is 203 Å². The maximum Gasteiger partial charge on any atom is 0.308 e. The SMILES string of the molecule is CC(C)(C)OC(=O)CCN(OCc1ccccc1)C(=O)CCCCCCCCCCCBr. The predicted octanol–water partition coefficient (Wildman–Crippen LogP) is 6.97. The molecule has 0 aromatic heterocycles. The highest BCUT2D eigenvalue weighted by Gasteiger charge is 2.20. The van der Waals surface area contributed by atoms with Gasteiger partial charge in [0.2, 0.25) is 5.91 Å². The van der Waals surface area contributed by atoms with Crippen molar-refractivity contribution in [2.45, 2.75) is 104 Å². The molecule has 0 heterocycles. The summed E-state index contributed by atoms with van der Waals surface area (Å²) in [5.41, 5.74) is 0.448. The molecule has 32 heavy (non-hydrogen) atoms. The summed E-state index contributed by atoms with van der Waals surface area (Å²) in [4.78, 5) is 30.6. The molecule has 1 rings (SSSR count). The number of unbranched alkanes of at least 4 members (excludes halogenated alkanes) is 8. The van der Waals surface area contributed by atoms with Gasteiger partial charge in [-0.25, -0.2) is 5.06 Å². The second-order valence-electron chi connectivity index (χ2n) is 9.21. The third-order valence-corrected chi connectivity index (χ3v) is 5.53. The first-order chi connectivity index (χ1) is 15.3. The molecular weight excluding hydrogens is 470 g/mol. The number of nitrogens with zero attached hydrogens (tertiary/aromatic N) is 1. The van der Waals surface area contributed by atoms with Crippen molar-refractivity contribution in [2.24, 2.45) is 0 Å². The van der Waals surface area contributed by atoms with Crippen LogP contribution in [0.3, 0.4) is 0 Å². The van der Waals surface area contributed by atoms with Crippen molar-refractivity contribution in [2.75, 3.05) is 11.9 Å². The molecule has 5 nitrogen and oxygen atoms in total. The van der Waals surface area contributed by atoms with Gasteiger partial charge in [0.15, 0.2) is 0 Å². The molecule has 0 N–H and O–H groups in total. The lowest BCUT2D eigenvalue weighted by Crippen LogP contribution is -2.34. The standard InChI is InChI=1S/C26H42BrNO4/c1-26(2,3)32-25(30)19-21-28(31-22-23-16-12-11-13-17-23)24(29)18-14-9-7-5-4-6-8-10-15-20-27/h11-13,16-17H,4-10,14-15,18-22H2,1-3H3. The van der Waals surface area contributed by atoms with E-state index in [4.69, 9.17) is 9.57 Å². The van der Waals surface area contributed by atoms with Gasteiger partial charge in [-0.3, -0.25) is 14.4 Å². The van der Waals surface area contributed by atoms with Gasteiger partial charge in [0.1, 0.15) is 12.2 Å². The third kappa shape index (κ3) is 15.4. The van der Waals surface area contributed by atoms with E-state index in [9.17, 15) is 9.59 Å². The van der Waals surface area contributed by atoms with Gasteiger partial charge in [-0.15, -0.1) is 0 Å². The first kappa shape index (κ1) is 28.6.